The molecule has 1 aromatic rings. The molecule has 1 nitrogen and oxygen atoms in total. The summed E-state index contributed by atoms with van der Waals surface area (Å²) < 4.78 is 0. The van der Waals surface area contributed by atoms with E-state index in [-0.39, 0.29) is 0 Å². The standard InChI is InChI=1S/C19H31N/c1-3-5-14-19(17-11-7-6-8-12-17)20-18-13-9-10-16(4-2)15-18/h6-8,11-12,16,18-20H,3-5,9-10,13-15H2,1-2H3. The topological polar surface area (TPSA) is 12.0 Å². The zero-order valence-electron chi connectivity index (χ0n) is 13.3. The Balaban J connectivity index is 1.96. The average molecular weight is 273 g/mol. The minimum Gasteiger partial charge on any atom is -0.307 e. The van der Waals surface area contributed by atoms with Gasteiger partial charge in [-0.05, 0) is 30.7 Å². The highest BCUT2D eigenvalue weighted by Crippen LogP contribution is 2.29. The molecule has 1 aromatic carbocycles. The van der Waals surface area contributed by atoms with Gasteiger partial charge in [-0.2, -0.15) is 0 Å². The zero-order valence-corrected chi connectivity index (χ0v) is 13.3. The van der Waals surface area contributed by atoms with Crippen molar-refractivity contribution in [1.29, 1.82) is 0 Å². The quantitative estimate of drug-likeness (QED) is 0.694. The fraction of sp³-hybridized carbons (Fsp3) is 0.684. The van der Waals surface area contributed by atoms with Crippen molar-refractivity contribution in [3.63, 3.8) is 0 Å². The van der Waals surface area contributed by atoms with Crippen molar-refractivity contribution in [2.24, 2.45) is 5.92 Å². The van der Waals surface area contributed by atoms with Crippen LogP contribution in [0.25, 0.3) is 0 Å². The second kappa shape index (κ2) is 8.46. The molecule has 0 radical (unpaired) electrons. The number of unbranched alkanes of at least 4 members (excludes halogenated alkanes) is 1. The molecule has 2 rings (SSSR count). The second-order valence-corrected chi connectivity index (χ2v) is 6.41. The van der Waals surface area contributed by atoms with Crippen LogP contribution in [0.1, 0.15) is 76.8 Å². The summed E-state index contributed by atoms with van der Waals surface area (Å²) in [6.07, 6.45) is 10.8. The van der Waals surface area contributed by atoms with E-state index in [1.807, 2.05) is 0 Å². The lowest BCUT2D eigenvalue weighted by molar-refractivity contribution is 0.257. The van der Waals surface area contributed by atoms with E-state index in [9.17, 15) is 0 Å². The Morgan fingerprint density at radius 3 is 2.65 bits per heavy atom. The largest absolute Gasteiger partial charge is 0.307 e. The van der Waals surface area contributed by atoms with Crippen molar-refractivity contribution in [3.8, 4) is 0 Å². The Kier molecular flexibility index (Phi) is 6.59. The van der Waals surface area contributed by atoms with Crippen molar-refractivity contribution in [1.82, 2.24) is 5.32 Å². The second-order valence-electron chi connectivity index (χ2n) is 6.41. The molecule has 0 bridgehead atoms. The Hall–Kier alpha value is -0.820. The molecule has 0 spiro atoms. The van der Waals surface area contributed by atoms with Gasteiger partial charge in [0.2, 0.25) is 0 Å². The van der Waals surface area contributed by atoms with Gasteiger partial charge >= 0.3 is 0 Å². The smallest absolute Gasteiger partial charge is 0.0322 e. The van der Waals surface area contributed by atoms with E-state index in [4.69, 9.17) is 0 Å². The van der Waals surface area contributed by atoms with Crippen LogP contribution >= 0.6 is 0 Å². The van der Waals surface area contributed by atoms with Gasteiger partial charge in [0.25, 0.3) is 0 Å². The van der Waals surface area contributed by atoms with Gasteiger partial charge in [0.05, 0.1) is 0 Å². The van der Waals surface area contributed by atoms with Gasteiger partial charge in [-0.3, -0.25) is 0 Å². The van der Waals surface area contributed by atoms with Gasteiger partial charge < -0.3 is 5.32 Å². The van der Waals surface area contributed by atoms with E-state index in [1.54, 1.807) is 0 Å². The van der Waals surface area contributed by atoms with Crippen LogP contribution in [0.15, 0.2) is 30.3 Å². The maximum absolute atomic E-state index is 3.97. The normalized spacial score (nSPS) is 24.5. The highest BCUT2D eigenvalue weighted by atomic mass is 15.0. The molecule has 0 aromatic heterocycles. The van der Waals surface area contributed by atoms with E-state index in [0.717, 1.165) is 12.0 Å². The Morgan fingerprint density at radius 1 is 1.15 bits per heavy atom. The van der Waals surface area contributed by atoms with Gasteiger partial charge in [0.1, 0.15) is 0 Å². The maximum atomic E-state index is 3.97. The van der Waals surface area contributed by atoms with Crippen LogP contribution in [0.4, 0.5) is 0 Å². The molecule has 0 saturated heterocycles. The molecule has 3 atom stereocenters. The third-order valence-corrected chi connectivity index (χ3v) is 4.85. The van der Waals surface area contributed by atoms with Gasteiger partial charge in [-0.1, -0.05) is 76.3 Å². The summed E-state index contributed by atoms with van der Waals surface area (Å²) in [6.45, 7) is 4.63. The summed E-state index contributed by atoms with van der Waals surface area (Å²) in [5.74, 6) is 0.948. The van der Waals surface area contributed by atoms with Crippen molar-refractivity contribution >= 4 is 0 Å². The highest BCUT2D eigenvalue weighted by molar-refractivity contribution is 5.19. The van der Waals surface area contributed by atoms with Gasteiger partial charge in [-0.15, -0.1) is 0 Å². The average Bonchev–Trinajstić information content (AvgIpc) is 2.52. The summed E-state index contributed by atoms with van der Waals surface area (Å²) in [4.78, 5) is 0. The van der Waals surface area contributed by atoms with Crippen LogP contribution in [-0.4, -0.2) is 6.04 Å². The summed E-state index contributed by atoms with van der Waals surface area (Å²) in [5, 5.41) is 3.97. The molecule has 0 heterocycles. The summed E-state index contributed by atoms with van der Waals surface area (Å²) in [5.41, 5.74) is 1.47. The third kappa shape index (κ3) is 4.63. The minimum absolute atomic E-state index is 0.553. The first-order valence-electron chi connectivity index (χ1n) is 8.64. The molecule has 3 unspecified atom stereocenters. The first-order valence-corrected chi connectivity index (χ1v) is 8.64. The first kappa shape index (κ1) is 15.6. The number of benzene rings is 1. The SMILES string of the molecule is CCCCC(NC1CCCC(CC)C1)c1ccccc1. The number of hydrogen-bond donors (Lipinski definition) is 1. The molecule has 20 heavy (non-hydrogen) atoms. The molecule has 112 valence electrons. The van der Waals surface area contributed by atoms with Crippen LogP contribution in [0.2, 0.25) is 0 Å². The number of rotatable bonds is 7. The van der Waals surface area contributed by atoms with E-state index in [1.165, 1.54) is 56.9 Å². The molecule has 1 aliphatic rings. The fourth-order valence-corrected chi connectivity index (χ4v) is 3.54. The zero-order chi connectivity index (χ0) is 14.2. The van der Waals surface area contributed by atoms with Gasteiger partial charge in [0.15, 0.2) is 0 Å². The van der Waals surface area contributed by atoms with E-state index >= 15 is 0 Å². The molecular formula is C19H31N. The highest BCUT2D eigenvalue weighted by Gasteiger charge is 2.23. The van der Waals surface area contributed by atoms with Crippen LogP contribution in [0, 0.1) is 5.92 Å². The van der Waals surface area contributed by atoms with Crippen LogP contribution < -0.4 is 5.32 Å². The Bertz CT molecular complexity index is 359. The molecule has 1 heteroatoms. The third-order valence-electron chi connectivity index (χ3n) is 4.85. The van der Waals surface area contributed by atoms with Crippen molar-refractivity contribution in [2.45, 2.75) is 77.3 Å². The monoisotopic (exact) mass is 273 g/mol. The lowest BCUT2D eigenvalue weighted by atomic mass is 9.83. The van der Waals surface area contributed by atoms with Crippen molar-refractivity contribution in [3.05, 3.63) is 35.9 Å². The van der Waals surface area contributed by atoms with Crippen molar-refractivity contribution < 1.29 is 0 Å². The molecular weight excluding hydrogens is 242 g/mol. The molecule has 1 N–H and O–H groups in total. The summed E-state index contributed by atoms with van der Waals surface area (Å²) in [7, 11) is 0. The lowest BCUT2D eigenvalue weighted by Gasteiger charge is -2.33. The first-order chi connectivity index (χ1) is 9.83. The maximum Gasteiger partial charge on any atom is 0.0322 e. The predicted molar refractivity (Wildman–Crippen MR) is 87.9 cm³/mol. The minimum atomic E-state index is 0.553. The summed E-state index contributed by atoms with van der Waals surface area (Å²) >= 11 is 0. The van der Waals surface area contributed by atoms with Gasteiger partial charge in [-0.25, -0.2) is 0 Å². The Labute approximate surface area is 125 Å². The molecule has 0 aliphatic heterocycles. The van der Waals surface area contributed by atoms with Gasteiger partial charge in [0, 0.05) is 12.1 Å². The predicted octanol–water partition coefficient (Wildman–Crippen LogP) is 5.48. The number of nitrogens with one attached hydrogen (secondary N) is 1. The number of hydrogen-bond acceptors (Lipinski definition) is 1. The van der Waals surface area contributed by atoms with E-state index in [2.05, 4.69) is 49.5 Å². The van der Waals surface area contributed by atoms with Crippen LogP contribution in [0.3, 0.4) is 0 Å². The van der Waals surface area contributed by atoms with Crippen molar-refractivity contribution in [2.75, 3.05) is 0 Å². The molecule has 1 fully saturated rings. The fourth-order valence-electron chi connectivity index (χ4n) is 3.54. The Morgan fingerprint density at radius 2 is 1.95 bits per heavy atom. The molecule has 0 amide bonds. The molecule has 1 aliphatic carbocycles. The lowest BCUT2D eigenvalue weighted by Crippen LogP contribution is -2.36. The van der Waals surface area contributed by atoms with E-state index < -0.39 is 0 Å². The van der Waals surface area contributed by atoms with E-state index in [0.29, 0.717) is 6.04 Å². The van der Waals surface area contributed by atoms with Crippen LogP contribution in [-0.2, 0) is 0 Å². The van der Waals surface area contributed by atoms with Crippen LogP contribution in [0.5, 0.6) is 0 Å². The molecule has 1 saturated carbocycles. The summed E-state index contributed by atoms with van der Waals surface area (Å²) in [6, 6.07) is 12.3.